The molecule has 0 aliphatic heterocycles. The minimum atomic E-state index is 0.727. The summed E-state index contributed by atoms with van der Waals surface area (Å²) in [6.07, 6.45) is 6.26. The molecule has 1 aromatic rings. The summed E-state index contributed by atoms with van der Waals surface area (Å²) in [5, 5.41) is 0. The van der Waals surface area contributed by atoms with Crippen molar-refractivity contribution in [3.63, 3.8) is 0 Å². The van der Waals surface area contributed by atoms with Crippen molar-refractivity contribution in [2.45, 2.75) is 38.5 Å². The van der Waals surface area contributed by atoms with Gasteiger partial charge in [0, 0.05) is 4.88 Å². The fourth-order valence-electron chi connectivity index (χ4n) is 2.20. The van der Waals surface area contributed by atoms with E-state index in [1.54, 1.807) is 11.3 Å². The van der Waals surface area contributed by atoms with Gasteiger partial charge in [-0.1, -0.05) is 19.8 Å². The number of rotatable bonds is 2. The largest absolute Gasteiger partial charge is 0.297 e. The standard InChI is InChI=1S/C12H16OS/c1-9-2-4-10(5-3-9)12-7-6-11(8-13)14-12/h6-10H,2-5H2,1H3. The van der Waals surface area contributed by atoms with E-state index in [1.807, 2.05) is 6.07 Å². The normalized spacial score (nSPS) is 27.5. The Hall–Kier alpha value is -0.630. The molecule has 2 heteroatoms. The molecule has 1 nitrogen and oxygen atoms in total. The van der Waals surface area contributed by atoms with Crippen LogP contribution < -0.4 is 0 Å². The number of aldehydes is 1. The number of hydrogen-bond acceptors (Lipinski definition) is 2. The third-order valence-corrected chi connectivity index (χ3v) is 4.36. The van der Waals surface area contributed by atoms with Crippen molar-refractivity contribution in [2.24, 2.45) is 5.92 Å². The van der Waals surface area contributed by atoms with Gasteiger partial charge >= 0.3 is 0 Å². The van der Waals surface area contributed by atoms with Crippen molar-refractivity contribution >= 4 is 17.6 Å². The quantitative estimate of drug-likeness (QED) is 0.675. The molecule has 0 N–H and O–H groups in total. The van der Waals surface area contributed by atoms with Crippen molar-refractivity contribution in [3.05, 3.63) is 21.9 Å². The topological polar surface area (TPSA) is 17.1 Å². The van der Waals surface area contributed by atoms with Gasteiger partial charge in [-0.2, -0.15) is 0 Å². The second-order valence-corrected chi connectivity index (χ2v) is 5.46. The molecule has 0 aromatic carbocycles. The maximum Gasteiger partial charge on any atom is 0.160 e. The lowest BCUT2D eigenvalue weighted by Gasteiger charge is -2.25. The third kappa shape index (κ3) is 2.06. The van der Waals surface area contributed by atoms with E-state index in [2.05, 4.69) is 13.0 Å². The van der Waals surface area contributed by atoms with Gasteiger partial charge in [-0.15, -0.1) is 11.3 Å². The van der Waals surface area contributed by atoms with Crippen LogP contribution in [0.1, 0.15) is 53.1 Å². The summed E-state index contributed by atoms with van der Waals surface area (Å²) in [6, 6.07) is 4.08. The molecule has 14 heavy (non-hydrogen) atoms. The predicted octanol–water partition coefficient (Wildman–Crippen LogP) is 3.85. The first-order valence-corrected chi connectivity index (χ1v) is 6.16. The molecule has 1 fully saturated rings. The van der Waals surface area contributed by atoms with E-state index in [1.165, 1.54) is 30.6 Å². The Morgan fingerprint density at radius 2 is 2.00 bits per heavy atom. The van der Waals surface area contributed by atoms with Crippen LogP contribution in [0.2, 0.25) is 0 Å². The lowest BCUT2D eigenvalue weighted by Crippen LogP contribution is -2.09. The van der Waals surface area contributed by atoms with E-state index in [4.69, 9.17) is 0 Å². The Bertz CT molecular complexity index is 308. The Kier molecular flexibility index (Phi) is 3.02. The highest BCUT2D eigenvalue weighted by molar-refractivity contribution is 7.13. The molecule has 0 unspecified atom stereocenters. The zero-order valence-corrected chi connectivity index (χ0v) is 9.35. The molecule has 76 valence electrons. The van der Waals surface area contributed by atoms with E-state index in [9.17, 15) is 4.79 Å². The van der Waals surface area contributed by atoms with Crippen LogP contribution in [-0.4, -0.2) is 6.29 Å². The van der Waals surface area contributed by atoms with Gasteiger partial charge in [0.05, 0.1) is 4.88 Å². The van der Waals surface area contributed by atoms with Gasteiger partial charge in [0.25, 0.3) is 0 Å². The Labute approximate surface area is 89.1 Å². The summed E-state index contributed by atoms with van der Waals surface area (Å²) in [5.74, 6) is 1.63. The summed E-state index contributed by atoms with van der Waals surface area (Å²) in [5.41, 5.74) is 0. The fourth-order valence-corrected chi connectivity index (χ4v) is 3.19. The second kappa shape index (κ2) is 4.26. The molecule has 1 heterocycles. The first-order chi connectivity index (χ1) is 6.79. The number of thiophene rings is 1. The number of carbonyl (C=O) groups is 1. The summed E-state index contributed by atoms with van der Waals surface area (Å²) in [4.78, 5) is 12.9. The molecule has 0 amide bonds. The molecule has 1 aliphatic carbocycles. The predicted molar refractivity (Wildman–Crippen MR) is 60.1 cm³/mol. The summed E-state index contributed by atoms with van der Waals surface area (Å²) in [7, 11) is 0. The van der Waals surface area contributed by atoms with Gasteiger partial charge in [0.2, 0.25) is 0 Å². The highest BCUT2D eigenvalue weighted by atomic mass is 32.1. The van der Waals surface area contributed by atoms with E-state index in [0.717, 1.165) is 23.0 Å². The van der Waals surface area contributed by atoms with Gasteiger partial charge < -0.3 is 0 Å². The lowest BCUT2D eigenvalue weighted by atomic mass is 9.82. The number of carbonyl (C=O) groups excluding carboxylic acids is 1. The van der Waals surface area contributed by atoms with E-state index >= 15 is 0 Å². The highest BCUT2D eigenvalue weighted by Crippen LogP contribution is 2.38. The van der Waals surface area contributed by atoms with E-state index < -0.39 is 0 Å². The van der Waals surface area contributed by atoms with Gasteiger partial charge in [-0.05, 0) is 36.8 Å². The molecule has 1 aromatic heterocycles. The van der Waals surface area contributed by atoms with Crippen molar-refractivity contribution in [1.29, 1.82) is 0 Å². The molecule has 0 saturated heterocycles. The van der Waals surface area contributed by atoms with Crippen molar-refractivity contribution in [3.8, 4) is 0 Å². The lowest BCUT2D eigenvalue weighted by molar-refractivity contribution is 0.112. The zero-order chi connectivity index (χ0) is 9.97. The van der Waals surface area contributed by atoms with Gasteiger partial charge in [-0.3, -0.25) is 4.79 Å². The Morgan fingerprint density at radius 1 is 1.29 bits per heavy atom. The molecule has 0 spiro atoms. The third-order valence-electron chi connectivity index (χ3n) is 3.18. The molecule has 1 aliphatic rings. The van der Waals surface area contributed by atoms with Gasteiger partial charge in [0.1, 0.15) is 0 Å². The summed E-state index contributed by atoms with van der Waals surface area (Å²) < 4.78 is 0. The average molecular weight is 208 g/mol. The fraction of sp³-hybridized carbons (Fsp3) is 0.583. The van der Waals surface area contributed by atoms with Crippen molar-refractivity contribution in [2.75, 3.05) is 0 Å². The minimum absolute atomic E-state index is 0.727. The summed E-state index contributed by atoms with van der Waals surface area (Å²) >= 11 is 1.67. The molecular formula is C12H16OS. The van der Waals surface area contributed by atoms with Crippen molar-refractivity contribution in [1.82, 2.24) is 0 Å². The Balaban J connectivity index is 2.04. The highest BCUT2D eigenvalue weighted by Gasteiger charge is 2.20. The van der Waals surface area contributed by atoms with Crippen LogP contribution in [0.15, 0.2) is 12.1 Å². The van der Waals surface area contributed by atoms with Gasteiger partial charge in [0.15, 0.2) is 6.29 Å². The van der Waals surface area contributed by atoms with E-state index in [-0.39, 0.29) is 0 Å². The van der Waals surface area contributed by atoms with E-state index in [0.29, 0.717) is 0 Å². The first kappa shape index (κ1) is 9.91. The van der Waals surface area contributed by atoms with Crippen LogP contribution in [0, 0.1) is 5.92 Å². The van der Waals surface area contributed by atoms with Gasteiger partial charge in [-0.25, -0.2) is 0 Å². The van der Waals surface area contributed by atoms with Crippen LogP contribution in [0.4, 0.5) is 0 Å². The molecular weight excluding hydrogens is 192 g/mol. The van der Waals surface area contributed by atoms with Crippen LogP contribution in [-0.2, 0) is 0 Å². The number of hydrogen-bond donors (Lipinski definition) is 0. The average Bonchev–Trinajstić information content (AvgIpc) is 2.67. The van der Waals surface area contributed by atoms with Crippen LogP contribution in [0.5, 0.6) is 0 Å². The summed E-state index contributed by atoms with van der Waals surface area (Å²) in [6.45, 7) is 2.33. The van der Waals surface area contributed by atoms with Crippen LogP contribution >= 0.6 is 11.3 Å². The molecule has 0 bridgehead atoms. The maximum absolute atomic E-state index is 10.6. The van der Waals surface area contributed by atoms with Crippen molar-refractivity contribution < 1.29 is 4.79 Å². The first-order valence-electron chi connectivity index (χ1n) is 5.34. The molecule has 0 radical (unpaired) electrons. The Morgan fingerprint density at radius 3 is 2.57 bits per heavy atom. The smallest absolute Gasteiger partial charge is 0.160 e. The minimum Gasteiger partial charge on any atom is -0.297 e. The zero-order valence-electron chi connectivity index (χ0n) is 8.53. The van der Waals surface area contributed by atoms with Crippen LogP contribution in [0.3, 0.4) is 0 Å². The maximum atomic E-state index is 10.6. The molecule has 0 atom stereocenters. The monoisotopic (exact) mass is 208 g/mol. The molecule has 1 saturated carbocycles. The van der Waals surface area contributed by atoms with Crippen LogP contribution in [0.25, 0.3) is 0 Å². The molecule has 2 rings (SSSR count). The SMILES string of the molecule is CC1CCC(c2ccc(C=O)s2)CC1. The second-order valence-electron chi connectivity index (χ2n) is 4.31.